The summed E-state index contributed by atoms with van der Waals surface area (Å²) in [4.78, 5) is 11.0. The molecule has 1 rings (SSSR count). The molecule has 0 bridgehead atoms. The molecular weight excluding hydrogens is 178 g/mol. The number of rotatable bonds is 4. The number of carboxylic acid groups (broad SMARTS) is 1. The molecular formula is C11H15NO2. The van der Waals surface area contributed by atoms with Gasteiger partial charge < -0.3 is 10.4 Å². The molecule has 0 saturated carbocycles. The van der Waals surface area contributed by atoms with Crippen molar-refractivity contribution in [2.75, 3.05) is 7.05 Å². The van der Waals surface area contributed by atoms with Crippen LogP contribution in [0.5, 0.6) is 0 Å². The van der Waals surface area contributed by atoms with Crippen LogP contribution in [0.25, 0.3) is 0 Å². The summed E-state index contributed by atoms with van der Waals surface area (Å²) in [7, 11) is 1.66. The van der Waals surface area contributed by atoms with Crippen LogP contribution >= 0.6 is 0 Å². The minimum Gasteiger partial charge on any atom is -0.480 e. The normalized spacial score (nSPS) is 14.7. The highest BCUT2D eigenvalue weighted by atomic mass is 16.4. The van der Waals surface area contributed by atoms with E-state index in [-0.39, 0.29) is 0 Å². The molecule has 1 aromatic rings. The van der Waals surface area contributed by atoms with Crippen molar-refractivity contribution in [3.8, 4) is 0 Å². The molecule has 0 aliphatic carbocycles. The van der Waals surface area contributed by atoms with Crippen LogP contribution in [0.1, 0.15) is 12.5 Å². The second-order valence-corrected chi connectivity index (χ2v) is 3.55. The topological polar surface area (TPSA) is 49.3 Å². The zero-order chi connectivity index (χ0) is 10.6. The maximum Gasteiger partial charge on any atom is 0.323 e. The molecule has 14 heavy (non-hydrogen) atoms. The molecule has 76 valence electrons. The van der Waals surface area contributed by atoms with Gasteiger partial charge in [-0.1, -0.05) is 30.3 Å². The maximum atomic E-state index is 11.0. The number of likely N-dealkylation sites (N-methyl/N-ethyl adjacent to an activating group) is 1. The lowest BCUT2D eigenvalue weighted by Crippen LogP contribution is -2.49. The van der Waals surface area contributed by atoms with Crippen molar-refractivity contribution in [2.45, 2.75) is 18.9 Å². The lowest BCUT2D eigenvalue weighted by atomic mass is 9.93. The molecule has 0 amide bonds. The Morgan fingerprint density at radius 2 is 2.00 bits per heavy atom. The Balaban J connectivity index is 2.81. The average molecular weight is 193 g/mol. The van der Waals surface area contributed by atoms with Gasteiger partial charge in [0.2, 0.25) is 0 Å². The predicted molar refractivity (Wildman–Crippen MR) is 55.2 cm³/mol. The largest absolute Gasteiger partial charge is 0.480 e. The van der Waals surface area contributed by atoms with E-state index in [0.29, 0.717) is 6.42 Å². The summed E-state index contributed by atoms with van der Waals surface area (Å²) in [6.07, 6.45) is 0.486. The van der Waals surface area contributed by atoms with E-state index in [1.54, 1.807) is 14.0 Å². The molecule has 1 atom stereocenters. The molecule has 2 N–H and O–H groups in total. The molecule has 0 aliphatic heterocycles. The molecule has 0 fully saturated rings. The van der Waals surface area contributed by atoms with Gasteiger partial charge in [-0.3, -0.25) is 4.79 Å². The SMILES string of the molecule is CN[C@](C)(Cc1ccccc1)C(=O)O. The molecule has 0 spiro atoms. The Hall–Kier alpha value is -1.35. The van der Waals surface area contributed by atoms with Gasteiger partial charge in [-0.05, 0) is 19.5 Å². The molecule has 0 aromatic heterocycles. The van der Waals surface area contributed by atoms with Crippen molar-refractivity contribution in [3.63, 3.8) is 0 Å². The monoisotopic (exact) mass is 193 g/mol. The van der Waals surface area contributed by atoms with E-state index in [0.717, 1.165) is 5.56 Å². The highest BCUT2D eigenvalue weighted by Gasteiger charge is 2.30. The fourth-order valence-corrected chi connectivity index (χ4v) is 1.28. The van der Waals surface area contributed by atoms with E-state index in [4.69, 9.17) is 5.11 Å². The van der Waals surface area contributed by atoms with E-state index in [1.807, 2.05) is 30.3 Å². The predicted octanol–water partition coefficient (Wildman–Crippen LogP) is 1.29. The van der Waals surface area contributed by atoms with Gasteiger partial charge in [0.25, 0.3) is 0 Å². The standard InChI is InChI=1S/C11H15NO2/c1-11(12-2,10(13)14)8-9-6-4-3-5-7-9/h3-7,12H,8H2,1-2H3,(H,13,14)/t11-/m1/s1. The minimum absolute atomic E-state index is 0.486. The summed E-state index contributed by atoms with van der Waals surface area (Å²) in [6.45, 7) is 1.68. The number of benzene rings is 1. The van der Waals surface area contributed by atoms with E-state index in [1.165, 1.54) is 0 Å². The van der Waals surface area contributed by atoms with E-state index in [9.17, 15) is 4.79 Å². The number of nitrogens with one attached hydrogen (secondary N) is 1. The Bertz CT molecular complexity index is 310. The first-order chi connectivity index (χ1) is 6.58. The molecule has 0 radical (unpaired) electrons. The van der Waals surface area contributed by atoms with Crippen molar-refractivity contribution in [2.24, 2.45) is 0 Å². The Labute approximate surface area is 83.8 Å². The van der Waals surface area contributed by atoms with Crippen molar-refractivity contribution >= 4 is 5.97 Å². The van der Waals surface area contributed by atoms with Crippen LogP contribution in [0.15, 0.2) is 30.3 Å². The second kappa shape index (κ2) is 4.24. The van der Waals surface area contributed by atoms with Crippen LogP contribution in [-0.4, -0.2) is 23.7 Å². The summed E-state index contributed by atoms with van der Waals surface area (Å²) < 4.78 is 0. The van der Waals surface area contributed by atoms with Crippen molar-refractivity contribution in [1.29, 1.82) is 0 Å². The number of carboxylic acids is 1. The Kier molecular flexibility index (Phi) is 3.25. The minimum atomic E-state index is -0.888. The third-order valence-corrected chi connectivity index (χ3v) is 2.42. The third-order valence-electron chi connectivity index (χ3n) is 2.42. The first kappa shape index (κ1) is 10.7. The molecule has 0 aliphatic rings. The number of hydrogen-bond donors (Lipinski definition) is 2. The van der Waals surface area contributed by atoms with Crippen molar-refractivity contribution in [3.05, 3.63) is 35.9 Å². The van der Waals surface area contributed by atoms with E-state index < -0.39 is 11.5 Å². The van der Waals surface area contributed by atoms with Gasteiger partial charge >= 0.3 is 5.97 Å². The average Bonchev–Trinajstić information content (AvgIpc) is 2.19. The zero-order valence-corrected chi connectivity index (χ0v) is 8.45. The number of aliphatic carboxylic acids is 1. The summed E-state index contributed by atoms with van der Waals surface area (Å²) in [5.41, 5.74) is 0.133. The van der Waals surface area contributed by atoms with Gasteiger partial charge in [-0.15, -0.1) is 0 Å². The van der Waals surface area contributed by atoms with Gasteiger partial charge in [0.15, 0.2) is 0 Å². The van der Waals surface area contributed by atoms with Gasteiger partial charge in [-0.2, -0.15) is 0 Å². The molecule has 0 heterocycles. The first-order valence-electron chi connectivity index (χ1n) is 4.55. The smallest absolute Gasteiger partial charge is 0.323 e. The highest BCUT2D eigenvalue weighted by molar-refractivity contribution is 5.78. The maximum absolute atomic E-state index is 11.0. The Morgan fingerprint density at radius 3 is 2.43 bits per heavy atom. The summed E-state index contributed by atoms with van der Waals surface area (Å²) in [5.74, 6) is -0.830. The second-order valence-electron chi connectivity index (χ2n) is 3.55. The summed E-state index contributed by atoms with van der Waals surface area (Å²) in [6, 6.07) is 9.60. The van der Waals surface area contributed by atoms with Crippen LogP contribution in [0.3, 0.4) is 0 Å². The fraction of sp³-hybridized carbons (Fsp3) is 0.364. The highest BCUT2D eigenvalue weighted by Crippen LogP contribution is 2.12. The lowest BCUT2D eigenvalue weighted by Gasteiger charge is -2.24. The van der Waals surface area contributed by atoms with Gasteiger partial charge in [0.05, 0.1) is 0 Å². The molecule has 0 saturated heterocycles. The van der Waals surface area contributed by atoms with Crippen LogP contribution in [0, 0.1) is 0 Å². The van der Waals surface area contributed by atoms with Gasteiger partial charge in [0.1, 0.15) is 5.54 Å². The van der Waals surface area contributed by atoms with Crippen LogP contribution in [0.2, 0.25) is 0 Å². The van der Waals surface area contributed by atoms with Gasteiger partial charge in [-0.25, -0.2) is 0 Å². The lowest BCUT2D eigenvalue weighted by molar-refractivity contribution is -0.143. The van der Waals surface area contributed by atoms with Crippen LogP contribution in [0.4, 0.5) is 0 Å². The summed E-state index contributed by atoms with van der Waals surface area (Å²) >= 11 is 0. The molecule has 3 nitrogen and oxygen atoms in total. The summed E-state index contributed by atoms with van der Waals surface area (Å²) in [5, 5.41) is 11.9. The zero-order valence-electron chi connectivity index (χ0n) is 8.45. The van der Waals surface area contributed by atoms with Gasteiger partial charge in [0, 0.05) is 6.42 Å². The molecule has 3 heteroatoms. The number of carbonyl (C=O) groups is 1. The van der Waals surface area contributed by atoms with Crippen molar-refractivity contribution < 1.29 is 9.90 Å². The fourth-order valence-electron chi connectivity index (χ4n) is 1.28. The number of hydrogen-bond acceptors (Lipinski definition) is 2. The van der Waals surface area contributed by atoms with Crippen molar-refractivity contribution in [1.82, 2.24) is 5.32 Å². The molecule has 1 aromatic carbocycles. The Morgan fingerprint density at radius 1 is 1.43 bits per heavy atom. The molecule has 0 unspecified atom stereocenters. The van der Waals surface area contributed by atoms with E-state index >= 15 is 0 Å². The van der Waals surface area contributed by atoms with E-state index in [2.05, 4.69) is 5.32 Å². The third kappa shape index (κ3) is 2.33. The first-order valence-corrected chi connectivity index (χ1v) is 4.55. The quantitative estimate of drug-likeness (QED) is 0.757. The van der Waals surface area contributed by atoms with Crippen LogP contribution in [-0.2, 0) is 11.2 Å². The van der Waals surface area contributed by atoms with Crippen LogP contribution < -0.4 is 5.32 Å².